The van der Waals surface area contributed by atoms with Crippen molar-refractivity contribution in [3.8, 4) is 11.5 Å². The molecule has 0 atom stereocenters. The smallest absolute Gasteiger partial charge is 0.335 e. The van der Waals surface area contributed by atoms with Crippen LogP contribution in [0.3, 0.4) is 0 Å². The number of nitrogens with one attached hydrogen (secondary N) is 1. The van der Waals surface area contributed by atoms with E-state index >= 15 is 0 Å². The topological polar surface area (TPSA) is 67.8 Å². The number of ether oxygens (including phenoxy) is 2. The van der Waals surface area contributed by atoms with Gasteiger partial charge in [0.15, 0.2) is 11.5 Å². The quantitative estimate of drug-likeness (QED) is 0.702. The molecule has 0 aliphatic heterocycles. The van der Waals surface area contributed by atoms with Crippen molar-refractivity contribution in [2.45, 2.75) is 20.0 Å². The van der Waals surface area contributed by atoms with Gasteiger partial charge < -0.3 is 32.3 Å². The SMILES string of the molecule is CCOc1c(Cl)cc(CNCc2ccc(C(=O)O)cc2)cc1OC.[Cl-]. The van der Waals surface area contributed by atoms with Crippen LogP contribution in [0.25, 0.3) is 0 Å². The molecule has 0 amide bonds. The van der Waals surface area contributed by atoms with E-state index in [2.05, 4.69) is 5.32 Å². The third-order valence-electron chi connectivity index (χ3n) is 3.44. The minimum absolute atomic E-state index is 0. The molecule has 2 aromatic rings. The number of hydrogen-bond acceptors (Lipinski definition) is 4. The van der Waals surface area contributed by atoms with Crippen LogP contribution < -0.4 is 27.2 Å². The Morgan fingerprint density at radius 3 is 2.36 bits per heavy atom. The zero-order chi connectivity index (χ0) is 17.5. The molecular formula is C18H20Cl2NO4-. The number of carboxylic acid groups (broad SMARTS) is 1. The lowest BCUT2D eigenvalue weighted by atomic mass is 10.1. The second kappa shape index (κ2) is 10.1. The summed E-state index contributed by atoms with van der Waals surface area (Å²) in [5.41, 5.74) is 2.26. The van der Waals surface area contributed by atoms with Crippen molar-refractivity contribution < 1.29 is 31.8 Å². The maximum absolute atomic E-state index is 10.8. The Morgan fingerprint density at radius 1 is 1.16 bits per heavy atom. The normalized spacial score (nSPS) is 10.0. The van der Waals surface area contributed by atoms with E-state index in [1.807, 2.05) is 19.1 Å². The number of carbonyl (C=O) groups is 1. The van der Waals surface area contributed by atoms with E-state index in [1.54, 1.807) is 31.4 Å². The van der Waals surface area contributed by atoms with Gasteiger partial charge in [0.1, 0.15) is 0 Å². The fraction of sp³-hybridized carbons (Fsp3) is 0.278. The van der Waals surface area contributed by atoms with Gasteiger partial charge in [0.2, 0.25) is 0 Å². The van der Waals surface area contributed by atoms with Crippen molar-refractivity contribution in [1.82, 2.24) is 5.32 Å². The van der Waals surface area contributed by atoms with E-state index in [9.17, 15) is 4.79 Å². The molecular weight excluding hydrogens is 365 g/mol. The van der Waals surface area contributed by atoms with Crippen molar-refractivity contribution in [3.05, 3.63) is 58.1 Å². The van der Waals surface area contributed by atoms with Crippen LogP contribution in [0.1, 0.15) is 28.4 Å². The Kier molecular flexibility index (Phi) is 8.55. The van der Waals surface area contributed by atoms with Gasteiger partial charge in [0, 0.05) is 13.1 Å². The highest BCUT2D eigenvalue weighted by atomic mass is 35.5. The first kappa shape index (κ1) is 21.1. The fourth-order valence-electron chi connectivity index (χ4n) is 2.28. The predicted molar refractivity (Wildman–Crippen MR) is 93.1 cm³/mol. The average molecular weight is 385 g/mol. The summed E-state index contributed by atoms with van der Waals surface area (Å²) in [4.78, 5) is 10.8. The Labute approximate surface area is 158 Å². The van der Waals surface area contributed by atoms with Crippen molar-refractivity contribution in [3.63, 3.8) is 0 Å². The largest absolute Gasteiger partial charge is 1.00 e. The van der Waals surface area contributed by atoms with Crippen LogP contribution in [-0.2, 0) is 13.1 Å². The third-order valence-corrected chi connectivity index (χ3v) is 3.72. The van der Waals surface area contributed by atoms with Crippen LogP contribution in [0.2, 0.25) is 5.02 Å². The highest BCUT2D eigenvalue weighted by Crippen LogP contribution is 2.36. The zero-order valence-electron chi connectivity index (χ0n) is 14.0. The Balaban J connectivity index is 0.00000312. The molecule has 0 heterocycles. The maximum Gasteiger partial charge on any atom is 0.335 e. The minimum atomic E-state index is -0.925. The number of methoxy groups -OCH3 is 1. The molecule has 0 saturated heterocycles. The molecule has 0 saturated carbocycles. The summed E-state index contributed by atoms with van der Waals surface area (Å²) in [5.74, 6) is 0.229. The van der Waals surface area contributed by atoms with E-state index in [4.69, 9.17) is 26.2 Å². The monoisotopic (exact) mass is 384 g/mol. The van der Waals surface area contributed by atoms with Gasteiger partial charge in [-0.05, 0) is 42.3 Å². The summed E-state index contributed by atoms with van der Waals surface area (Å²) in [6.45, 7) is 3.62. The lowest BCUT2D eigenvalue weighted by molar-refractivity contribution is -0.0000211. The summed E-state index contributed by atoms with van der Waals surface area (Å²) in [6, 6.07) is 10.5. The molecule has 7 heteroatoms. The zero-order valence-corrected chi connectivity index (χ0v) is 15.5. The number of benzene rings is 2. The molecule has 0 spiro atoms. The summed E-state index contributed by atoms with van der Waals surface area (Å²) in [7, 11) is 1.58. The molecule has 2 rings (SSSR count). The molecule has 0 unspecified atom stereocenters. The van der Waals surface area contributed by atoms with Gasteiger partial charge in [-0.1, -0.05) is 23.7 Å². The first-order valence-corrected chi connectivity index (χ1v) is 7.95. The minimum Gasteiger partial charge on any atom is -1.00 e. The standard InChI is InChI=1S/C18H20ClNO4.ClH/c1-3-24-17-15(19)8-13(9-16(17)23-2)11-20-10-12-4-6-14(7-5-12)18(21)22;/h4-9,20H,3,10-11H2,1-2H3,(H,21,22);1H/p-1. The van der Waals surface area contributed by atoms with Crippen LogP contribution in [-0.4, -0.2) is 24.8 Å². The number of carboxylic acids is 1. The first-order valence-electron chi connectivity index (χ1n) is 7.57. The van der Waals surface area contributed by atoms with Gasteiger partial charge in [-0.3, -0.25) is 0 Å². The molecule has 0 fully saturated rings. The van der Waals surface area contributed by atoms with Gasteiger partial charge in [0.25, 0.3) is 0 Å². The Bertz CT molecular complexity index is 705. The molecule has 25 heavy (non-hydrogen) atoms. The Morgan fingerprint density at radius 2 is 1.80 bits per heavy atom. The average Bonchev–Trinajstić information content (AvgIpc) is 2.57. The second-order valence-corrected chi connectivity index (χ2v) is 5.55. The molecule has 0 bridgehead atoms. The molecule has 2 N–H and O–H groups in total. The summed E-state index contributed by atoms with van der Waals surface area (Å²) >= 11 is 6.25. The van der Waals surface area contributed by atoms with Crippen molar-refractivity contribution in [2.75, 3.05) is 13.7 Å². The lowest BCUT2D eigenvalue weighted by Crippen LogP contribution is -3.00. The highest BCUT2D eigenvalue weighted by Gasteiger charge is 2.11. The first-order chi connectivity index (χ1) is 11.5. The van der Waals surface area contributed by atoms with Crippen molar-refractivity contribution >= 4 is 17.6 Å². The second-order valence-electron chi connectivity index (χ2n) is 5.15. The van der Waals surface area contributed by atoms with Gasteiger partial charge in [0.05, 0.1) is 24.3 Å². The van der Waals surface area contributed by atoms with Crippen LogP contribution in [0.4, 0.5) is 0 Å². The molecule has 0 aromatic heterocycles. The lowest BCUT2D eigenvalue weighted by Gasteiger charge is -2.13. The molecule has 0 radical (unpaired) electrons. The van der Waals surface area contributed by atoms with E-state index in [1.165, 1.54) is 0 Å². The van der Waals surface area contributed by atoms with E-state index in [0.717, 1.165) is 11.1 Å². The maximum atomic E-state index is 10.8. The number of aromatic carboxylic acids is 1. The van der Waals surface area contributed by atoms with Gasteiger partial charge in [-0.15, -0.1) is 0 Å². The van der Waals surface area contributed by atoms with E-state index in [-0.39, 0.29) is 18.0 Å². The van der Waals surface area contributed by atoms with E-state index in [0.29, 0.717) is 36.2 Å². The van der Waals surface area contributed by atoms with Gasteiger partial charge >= 0.3 is 5.97 Å². The number of hydrogen-bond donors (Lipinski definition) is 2. The Hall–Kier alpha value is -1.95. The molecule has 0 aliphatic carbocycles. The van der Waals surface area contributed by atoms with Crippen LogP contribution >= 0.6 is 11.6 Å². The van der Waals surface area contributed by atoms with Crippen molar-refractivity contribution in [1.29, 1.82) is 0 Å². The van der Waals surface area contributed by atoms with Crippen LogP contribution in [0.15, 0.2) is 36.4 Å². The summed E-state index contributed by atoms with van der Waals surface area (Å²) < 4.78 is 10.8. The van der Waals surface area contributed by atoms with Gasteiger partial charge in [-0.25, -0.2) is 4.79 Å². The molecule has 136 valence electrons. The molecule has 5 nitrogen and oxygen atoms in total. The van der Waals surface area contributed by atoms with Crippen LogP contribution in [0.5, 0.6) is 11.5 Å². The van der Waals surface area contributed by atoms with Crippen LogP contribution in [0, 0.1) is 0 Å². The summed E-state index contributed by atoms with van der Waals surface area (Å²) in [6.07, 6.45) is 0. The van der Waals surface area contributed by atoms with Gasteiger partial charge in [-0.2, -0.15) is 0 Å². The van der Waals surface area contributed by atoms with E-state index < -0.39 is 5.97 Å². The number of halogens is 2. The summed E-state index contributed by atoms with van der Waals surface area (Å²) in [5, 5.41) is 12.7. The fourth-order valence-corrected chi connectivity index (χ4v) is 2.56. The highest BCUT2D eigenvalue weighted by molar-refractivity contribution is 6.32. The molecule has 2 aromatic carbocycles. The van der Waals surface area contributed by atoms with Crippen molar-refractivity contribution in [2.24, 2.45) is 0 Å². The molecule has 0 aliphatic rings. The number of rotatable bonds is 8. The third kappa shape index (κ3) is 5.81. The predicted octanol–water partition coefficient (Wildman–Crippen LogP) is 0.739.